The van der Waals surface area contributed by atoms with E-state index in [9.17, 15) is 4.79 Å². The lowest BCUT2D eigenvalue weighted by molar-refractivity contribution is 0.112. The Morgan fingerprint density at radius 1 is 1.24 bits per heavy atom. The number of para-hydroxylation sites is 1. The van der Waals surface area contributed by atoms with Crippen molar-refractivity contribution < 1.29 is 9.53 Å². The van der Waals surface area contributed by atoms with E-state index >= 15 is 0 Å². The highest BCUT2D eigenvalue weighted by Crippen LogP contribution is 2.36. The van der Waals surface area contributed by atoms with Crippen LogP contribution in [0.25, 0.3) is 0 Å². The van der Waals surface area contributed by atoms with E-state index in [1.54, 1.807) is 12.1 Å². The fourth-order valence-electron chi connectivity index (χ4n) is 1.95. The molecule has 0 unspecified atom stereocenters. The minimum absolute atomic E-state index is 0.583. The second-order valence-electron chi connectivity index (χ2n) is 4.73. The molecule has 4 heteroatoms. The van der Waals surface area contributed by atoms with Gasteiger partial charge < -0.3 is 10.1 Å². The van der Waals surface area contributed by atoms with E-state index < -0.39 is 0 Å². The van der Waals surface area contributed by atoms with Crippen LogP contribution in [0.15, 0.2) is 47.4 Å². The van der Waals surface area contributed by atoms with Gasteiger partial charge in [-0.3, -0.25) is 4.79 Å². The Morgan fingerprint density at radius 3 is 2.67 bits per heavy atom. The number of unbranched alkanes of at least 4 members (excludes halogenated alkanes) is 1. The van der Waals surface area contributed by atoms with Crippen molar-refractivity contribution >= 4 is 24.6 Å². The summed E-state index contributed by atoms with van der Waals surface area (Å²) < 4.78 is 5.92. The van der Waals surface area contributed by atoms with Crippen molar-refractivity contribution in [1.82, 2.24) is 0 Å². The Hall–Kier alpha value is -1.94. The van der Waals surface area contributed by atoms with Gasteiger partial charge >= 0.3 is 0 Å². The van der Waals surface area contributed by atoms with Crippen LogP contribution in [0.4, 0.5) is 5.69 Å². The van der Waals surface area contributed by atoms with Crippen molar-refractivity contribution in [3.8, 4) is 11.5 Å². The molecule has 0 heterocycles. The van der Waals surface area contributed by atoms with Gasteiger partial charge in [-0.25, -0.2) is 0 Å². The standard InChI is InChI=1S/C17H19NO2S/c1-2-3-9-18-15-10-13(12-19)11-16(21)17(15)20-14-7-5-4-6-8-14/h4-8,10-12,18,21H,2-3,9H2,1H3. The van der Waals surface area contributed by atoms with E-state index in [2.05, 4.69) is 24.9 Å². The molecule has 110 valence electrons. The molecular formula is C17H19NO2S. The maximum atomic E-state index is 11.0. The minimum atomic E-state index is 0.583. The first-order valence-electron chi connectivity index (χ1n) is 7.03. The summed E-state index contributed by atoms with van der Waals surface area (Å²) in [5, 5.41) is 3.32. The van der Waals surface area contributed by atoms with E-state index in [0.717, 1.165) is 37.1 Å². The van der Waals surface area contributed by atoms with Crippen molar-refractivity contribution in [2.45, 2.75) is 24.7 Å². The molecule has 2 aromatic carbocycles. The number of nitrogens with one attached hydrogen (secondary N) is 1. The number of ether oxygens (including phenoxy) is 1. The third-order valence-electron chi connectivity index (χ3n) is 3.04. The average Bonchev–Trinajstić information content (AvgIpc) is 2.51. The normalized spacial score (nSPS) is 10.2. The summed E-state index contributed by atoms with van der Waals surface area (Å²) >= 11 is 4.44. The molecule has 0 aliphatic carbocycles. The smallest absolute Gasteiger partial charge is 0.163 e. The van der Waals surface area contributed by atoms with E-state index in [-0.39, 0.29) is 0 Å². The number of hydrogen-bond donors (Lipinski definition) is 2. The molecule has 0 atom stereocenters. The summed E-state index contributed by atoms with van der Waals surface area (Å²) in [5.74, 6) is 1.39. The molecule has 0 aliphatic rings. The van der Waals surface area contributed by atoms with Gasteiger partial charge in [-0.2, -0.15) is 0 Å². The highest BCUT2D eigenvalue weighted by molar-refractivity contribution is 7.80. The molecule has 3 nitrogen and oxygen atoms in total. The fraction of sp³-hybridized carbons (Fsp3) is 0.235. The molecule has 2 aromatic rings. The molecule has 0 spiro atoms. The van der Waals surface area contributed by atoms with Gasteiger partial charge in [0.2, 0.25) is 0 Å². The largest absolute Gasteiger partial charge is 0.454 e. The van der Waals surface area contributed by atoms with Crippen LogP contribution in [0.3, 0.4) is 0 Å². The molecule has 0 aliphatic heterocycles. The van der Waals surface area contributed by atoms with Crippen LogP contribution in [0, 0.1) is 0 Å². The molecule has 2 rings (SSSR count). The first-order chi connectivity index (χ1) is 10.2. The number of thiol groups is 1. The Labute approximate surface area is 130 Å². The van der Waals surface area contributed by atoms with Crippen LogP contribution in [-0.2, 0) is 0 Å². The summed E-state index contributed by atoms with van der Waals surface area (Å²) in [4.78, 5) is 11.6. The number of hydrogen-bond acceptors (Lipinski definition) is 4. The van der Waals surface area contributed by atoms with E-state index in [0.29, 0.717) is 16.2 Å². The summed E-state index contributed by atoms with van der Waals surface area (Å²) in [6, 6.07) is 13.0. The maximum Gasteiger partial charge on any atom is 0.163 e. The molecule has 21 heavy (non-hydrogen) atoms. The molecular weight excluding hydrogens is 282 g/mol. The van der Waals surface area contributed by atoms with Gasteiger partial charge in [0.1, 0.15) is 12.0 Å². The number of carbonyl (C=O) groups is 1. The number of rotatable bonds is 7. The Bertz CT molecular complexity index is 599. The van der Waals surface area contributed by atoms with E-state index in [1.807, 2.05) is 30.3 Å². The highest BCUT2D eigenvalue weighted by atomic mass is 32.1. The summed E-state index contributed by atoms with van der Waals surface area (Å²) in [5.41, 5.74) is 1.38. The Morgan fingerprint density at radius 2 is 2.00 bits per heavy atom. The highest BCUT2D eigenvalue weighted by Gasteiger charge is 2.11. The second-order valence-corrected chi connectivity index (χ2v) is 5.21. The van der Waals surface area contributed by atoms with Gasteiger partial charge in [0, 0.05) is 17.0 Å². The fourth-order valence-corrected chi connectivity index (χ4v) is 2.26. The van der Waals surface area contributed by atoms with Gasteiger partial charge in [-0.1, -0.05) is 31.5 Å². The predicted octanol–water partition coefficient (Wildman–Crippen LogP) is 4.79. The van der Waals surface area contributed by atoms with E-state index in [1.165, 1.54) is 0 Å². The zero-order valence-electron chi connectivity index (χ0n) is 12.0. The first-order valence-corrected chi connectivity index (χ1v) is 7.48. The molecule has 0 aromatic heterocycles. The van der Waals surface area contributed by atoms with Crippen LogP contribution in [0.2, 0.25) is 0 Å². The zero-order valence-corrected chi connectivity index (χ0v) is 12.9. The number of aldehydes is 1. The van der Waals surface area contributed by atoms with Crippen LogP contribution < -0.4 is 10.1 Å². The summed E-state index contributed by atoms with van der Waals surface area (Å²) in [6.45, 7) is 2.96. The molecule has 0 amide bonds. The lowest BCUT2D eigenvalue weighted by atomic mass is 10.2. The number of carbonyl (C=O) groups excluding carboxylic acids is 1. The average molecular weight is 301 g/mol. The lowest BCUT2D eigenvalue weighted by Gasteiger charge is -2.15. The van der Waals surface area contributed by atoms with E-state index in [4.69, 9.17) is 4.74 Å². The maximum absolute atomic E-state index is 11.0. The third-order valence-corrected chi connectivity index (χ3v) is 3.37. The minimum Gasteiger partial charge on any atom is -0.454 e. The van der Waals surface area contributed by atoms with Crippen molar-refractivity contribution in [3.05, 3.63) is 48.0 Å². The molecule has 0 saturated carbocycles. The monoisotopic (exact) mass is 301 g/mol. The lowest BCUT2D eigenvalue weighted by Crippen LogP contribution is -2.04. The summed E-state index contributed by atoms with van der Waals surface area (Å²) in [6.07, 6.45) is 2.97. The van der Waals surface area contributed by atoms with Crippen molar-refractivity contribution in [3.63, 3.8) is 0 Å². The number of anilines is 1. The van der Waals surface area contributed by atoms with Crippen LogP contribution in [0.5, 0.6) is 11.5 Å². The van der Waals surface area contributed by atoms with Gasteiger partial charge in [0.05, 0.1) is 5.69 Å². The topological polar surface area (TPSA) is 38.3 Å². The van der Waals surface area contributed by atoms with Crippen molar-refractivity contribution in [1.29, 1.82) is 0 Å². The molecule has 0 fully saturated rings. The third kappa shape index (κ3) is 4.26. The number of benzene rings is 2. The van der Waals surface area contributed by atoms with Crippen molar-refractivity contribution in [2.24, 2.45) is 0 Å². The van der Waals surface area contributed by atoms with Gasteiger partial charge in [-0.15, -0.1) is 12.6 Å². The van der Waals surface area contributed by atoms with Gasteiger partial charge in [0.25, 0.3) is 0 Å². The van der Waals surface area contributed by atoms with Gasteiger partial charge in [0.15, 0.2) is 5.75 Å². The molecule has 0 bridgehead atoms. The summed E-state index contributed by atoms with van der Waals surface area (Å²) in [7, 11) is 0. The van der Waals surface area contributed by atoms with Crippen LogP contribution in [-0.4, -0.2) is 12.8 Å². The molecule has 0 radical (unpaired) electrons. The van der Waals surface area contributed by atoms with Crippen LogP contribution in [0.1, 0.15) is 30.1 Å². The predicted molar refractivity (Wildman–Crippen MR) is 89.0 cm³/mol. The quantitative estimate of drug-likeness (QED) is 0.438. The Kier molecular flexibility index (Phi) is 5.69. The van der Waals surface area contributed by atoms with Crippen LogP contribution >= 0.6 is 12.6 Å². The first kappa shape index (κ1) is 15.4. The van der Waals surface area contributed by atoms with Gasteiger partial charge in [-0.05, 0) is 30.7 Å². The zero-order chi connectivity index (χ0) is 15.1. The second kappa shape index (κ2) is 7.74. The molecule has 0 saturated heterocycles. The molecule has 1 N–H and O–H groups in total. The SMILES string of the molecule is CCCCNc1cc(C=O)cc(S)c1Oc1ccccc1. The Balaban J connectivity index is 2.30. The van der Waals surface area contributed by atoms with Crippen molar-refractivity contribution in [2.75, 3.05) is 11.9 Å².